The van der Waals surface area contributed by atoms with Crippen LogP contribution in [0.15, 0.2) is 18.2 Å². The van der Waals surface area contributed by atoms with Crippen LogP contribution in [0.25, 0.3) is 0 Å². The van der Waals surface area contributed by atoms with Gasteiger partial charge in [0.2, 0.25) is 5.91 Å². The quantitative estimate of drug-likeness (QED) is 0.383. The van der Waals surface area contributed by atoms with E-state index in [0.717, 1.165) is 32.2 Å². The Morgan fingerprint density at radius 2 is 1.44 bits per heavy atom. The lowest BCUT2D eigenvalue weighted by atomic mass is 9.90. The molecule has 1 unspecified atom stereocenters. The van der Waals surface area contributed by atoms with Gasteiger partial charge >= 0.3 is 12.4 Å². The van der Waals surface area contributed by atoms with Crippen LogP contribution < -0.4 is 21.3 Å². The number of carbonyl (C=O) groups is 1. The van der Waals surface area contributed by atoms with Crippen molar-refractivity contribution in [3.63, 3.8) is 0 Å². The molecule has 32 heavy (non-hydrogen) atoms. The molecule has 1 saturated heterocycles. The van der Waals surface area contributed by atoms with Gasteiger partial charge in [0, 0.05) is 17.8 Å². The van der Waals surface area contributed by atoms with Crippen molar-refractivity contribution < 1.29 is 31.1 Å². The number of carbonyl (C=O) groups excluding carboxylic acids is 1. The molecule has 3 atom stereocenters. The fourth-order valence-electron chi connectivity index (χ4n) is 4.03. The van der Waals surface area contributed by atoms with Gasteiger partial charge in [0.1, 0.15) is 0 Å². The Hall–Kier alpha value is -2.08. The van der Waals surface area contributed by atoms with Crippen molar-refractivity contribution in [3.8, 4) is 0 Å². The molecule has 1 saturated carbocycles. The van der Waals surface area contributed by atoms with E-state index in [9.17, 15) is 31.1 Å². The zero-order valence-corrected chi connectivity index (χ0v) is 17.8. The summed E-state index contributed by atoms with van der Waals surface area (Å²) in [5, 5.41) is 11.4. The summed E-state index contributed by atoms with van der Waals surface area (Å²) in [7, 11) is 0. The number of benzene rings is 1. The number of anilines is 1. The number of alkyl halides is 6. The lowest BCUT2D eigenvalue weighted by Crippen LogP contribution is -2.56. The second kappa shape index (κ2) is 9.82. The van der Waals surface area contributed by atoms with Crippen LogP contribution in [0.1, 0.15) is 49.7 Å². The minimum Gasteiger partial charge on any atom is -0.358 e. The minimum absolute atomic E-state index is 0.0609. The Balaban J connectivity index is 1.68. The summed E-state index contributed by atoms with van der Waals surface area (Å²) < 4.78 is 78.3. The van der Waals surface area contributed by atoms with Gasteiger partial charge < -0.3 is 21.3 Å². The van der Waals surface area contributed by atoms with Crippen LogP contribution in [0.5, 0.6) is 0 Å². The molecular weight excluding hydrogens is 458 g/mol. The zero-order chi connectivity index (χ0) is 23.5. The highest BCUT2D eigenvalue weighted by Gasteiger charge is 2.37. The van der Waals surface area contributed by atoms with Crippen molar-refractivity contribution in [1.82, 2.24) is 16.0 Å². The Kier molecular flexibility index (Phi) is 7.53. The minimum atomic E-state index is -4.94. The van der Waals surface area contributed by atoms with E-state index in [1.165, 1.54) is 0 Å². The summed E-state index contributed by atoms with van der Waals surface area (Å²) in [5.41, 5.74) is -3.27. The van der Waals surface area contributed by atoms with Gasteiger partial charge in [0.15, 0.2) is 5.11 Å². The molecule has 2 fully saturated rings. The molecule has 0 aromatic heterocycles. The first kappa shape index (κ1) is 24.6. The van der Waals surface area contributed by atoms with Gasteiger partial charge in [-0.3, -0.25) is 4.79 Å². The first-order valence-corrected chi connectivity index (χ1v) is 10.7. The van der Waals surface area contributed by atoms with Crippen LogP contribution in [-0.4, -0.2) is 35.7 Å². The SMILES string of the molecule is O=C(N[C@H]1CCCC[C@@H]1NC(=S)Nc1cc(C(F)(F)F)cc(C(F)(F)F)c1)C1CCCN1. The highest BCUT2D eigenvalue weighted by Crippen LogP contribution is 2.37. The predicted molar refractivity (Wildman–Crippen MR) is 111 cm³/mol. The Morgan fingerprint density at radius 3 is 1.94 bits per heavy atom. The number of halogens is 6. The van der Waals surface area contributed by atoms with Crippen molar-refractivity contribution >= 4 is 28.9 Å². The van der Waals surface area contributed by atoms with Crippen molar-refractivity contribution in [1.29, 1.82) is 0 Å². The van der Waals surface area contributed by atoms with Crippen LogP contribution >= 0.6 is 12.2 Å². The highest BCUT2D eigenvalue weighted by atomic mass is 32.1. The maximum absolute atomic E-state index is 13.1. The van der Waals surface area contributed by atoms with Gasteiger partial charge in [-0.2, -0.15) is 26.3 Å². The summed E-state index contributed by atoms with van der Waals surface area (Å²) in [6.07, 6.45) is -5.13. The van der Waals surface area contributed by atoms with Crippen molar-refractivity contribution in [2.24, 2.45) is 0 Å². The van der Waals surface area contributed by atoms with E-state index in [-0.39, 0.29) is 35.2 Å². The molecule has 0 radical (unpaired) electrons. The number of amides is 1. The average molecular weight is 482 g/mol. The topological polar surface area (TPSA) is 65.2 Å². The van der Waals surface area contributed by atoms with E-state index in [1.54, 1.807) is 0 Å². The molecule has 5 nitrogen and oxygen atoms in total. The predicted octanol–water partition coefficient (Wildman–Crippen LogP) is 4.19. The maximum atomic E-state index is 13.1. The molecular formula is C20H24F6N4OS. The lowest BCUT2D eigenvalue weighted by Gasteiger charge is -2.34. The Morgan fingerprint density at radius 1 is 0.875 bits per heavy atom. The molecule has 0 spiro atoms. The molecule has 178 valence electrons. The number of thiocarbonyl (C=S) groups is 1. The van der Waals surface area contributed by atoms with Crippen LogP contribution in [0.2, 0.25) is 0 Å². The summed E-state index contributed by atoms with van der Waals surface area (Å²) >= 11 is 5.15. The largest absolute Gasteiger partial charge is 0.416 e. The third-order valence-corrected chi connectivity index (χ3v) is 5.85. The fraction of sp³-hybridized carbons (Fsp3) is 0.600. The van der Waals surface area contributed by atoms with E-state index in [1.807, 2.05) is 0 Å². The molecule has 1 heterocycles. The number of hydrogen-bond acceptors (Lipinski definition) is 3. The Labute approximate surface area is 186 Å². The second-order valence-corrected chi connectivity index (χ2v) is 8.46. The normalized spacial score (nSPS) is 24.1. The molecule has 4 N–H and O–H groups in total. The van der Waals surface area contributed by atoms with Crippen LogP contribution in [-0.2, 0) is 17.1 Å². The van der Waals surface area contributed by atoms with E-state index in [0.29, 0.717) is 25.0 Å². The molecule has 1 aromatic rings. The summed E-state index contributed by atoms with van der Waals surface area (Å²) in [4.78, 5) is 12.4. The summed E-state index contributed by atoms with van der Waals surface area (Å²) in [6, 6.07) is 0.427. The molecule has 12 heteroatoms. The van der Waals surface area contributed by atoms with Crippen molar-refractivity contribution in [2.75, 3.05) is 11.9 Å². The molecule has 0 bridgehead atoms. The molecule has 1 aliphatic heterocycles. The maximum Gasteiger partial charge on any atom is 0.416 e. The smallest absolute Gasteiger partial charge is 0.358 e. The van der Waals surface area contributed by atoms with Gasteiger partial charge in [-0.25, -0.2) is 0 Å². The van der Waals surface area contributed by atoms with E-state index in [4.69, 9.17) is 12.2 Å². The number of hydrogen-bond donors (Lipinski definition) is 4. The molecule has 1 aromatic carbocycles. The van der Waals surface area contributed by atoms with Crippen LogP contribution in [0.4, 0.5) is 32.0 Å². The molecule has 3 rings (SSSR count). The number of rotatable bonds is 4. The van der Waals surface area contributed by atoms with E-state index in [2.05, 4.69) is 21.3 Å². The average Bonchev–Trinajstić information content (AvgIpc) is 3.23. The van der Waals surface area contributed by atoms with Gasteiger partial charge in [-0.15, -0.1) is 0 Å². The molecule has 1 aliphatic carbocycles. The number of nitrogens with one attached hydrogen (secondary N) is 4. The second-order valence-electron chi connectivity index (χ2n) is 8.05. The lowest BCUT2D eigenvalue weighted by molar-refractivity contribution is -0.143. The van der Waals surface area contributed by atoms with Gasteiger partial charge in [0.25, 0.3) is 0 Å². The zero-order valence-electron chi connectivity index (χ0n) is 17.0. The summed E-state index contributed by atoms with van der Waals surface area (Å²) in [6.45, 7) is 0.773. The fourth-order valence-corrected chi connectivity index (χ4v) is 4.30. The standard InChI is InChI=1S/C20H24F6N4OS/c21-19(22,23)11-8-12(20(24,25)26)10-13(9-11)28-18(32)30-15-5-2-1-4-14(15)29-17(31)16-6-3-7-27-16/h8-10,14-16,27H,1-7H2,(H,29,31)(H2,28,30,32)/t14-,15-,16?/m0/s1. The van der Waals surface area contributed by atoms with Gasteiger partial charge in [0.05, 0.1) is 17.2 Å². The van der Waals surface area contributed by atoms with Gasteiger partial charge in [-0.05, 0) is 62.6 Å². The summed E-state index contributed by atoms with van der Waals surface area (Å²) in [5.74, 6) is -0.118. The van der Waals surface area contributed by atoms with Crippen LogP contribution in [0, 0.1) is 0 Å². The van der Waals surface area contributed by atoms with Gasteiger partial charge in [-0.1, -0.05) is 12.8 Å². The van der Waals surface area contributed by atoms with Crippen molar-refractivity contribution in [3.05, 3.63) is 29.3 Å². The first-order valence-electron chi connectivity index (χ1n) is 10.3. The highest BCUT2D eigenvalue weighted by molar-refractivity contribution is 7.80. The monoisotopic (exact) mass is 482 g/mol. The van der Waals surface area contributed by atoms with Crippen LogP contribution in [0.3, 0.4) is 0 Å². The molecule has 2 aliphatic rings. The Bertz CT molecular complexity index is 806. The van der Waals surface area contributed by atoms with E-state index < -0.39 is 29.2 Å². The third-order valence-electron chi connectivity index (χ3n) is 5.63. The first-order chi connectivity index (χ1) is 14.9. The molecule has 1 amide bonds. The third kappa shape index (κ3) is 6.47. The van der Waals surface area contributed by atoms with Crippen molar-refractivity contribution in [2.45, 2.75) is 69.0 Å². The van der Waals surface area contributed by atoms with E-state index >= 15 is 0 Å².